The number of aromatic nitrogens is 3. The minimum Gasteiger partial charge on any atom is -0.495 e. The van der Waals surface area contributed by atoms with Crippen LogP contribution in [0, 0.1) is 0 Å². The molecule has 0 atom stereocenters. The maximum Gasteiger partial charge on any atom is 0.238 e. The van der Waals surface area contributed by atoms with Crippen molar-refractivity contribution in [3.63, 3.8) is 0 Å². The maximum atomic E-state index is 12.5. The Kier molecular flexibility index (Phi) is 5.62. The van der Waals surface area contributed by atoms with Gasteiger partial charge in [-0.1, -0.05) is 12.1 Å². The SMILES string of the molecule is COc1ccccc1NC(=O)CN1CCC(N(C)c2ncnc3[nH]ccc23)CC1. The van der Waals surface area contributed by atoms with E-state index in [0.29, 0.717) is 24.0 Å². The van der Waals surface area contributed by atoms with E-state index in [4.69, 9.17) is 4.74 Å². The Morgan fingerprint density at radius 1 is 1.28 bits per heavy atom. The number of likely N-dealkylation sites (tertiary alicyclic amines) is 1. The minimum atomic E-state index is -0.0221. The summed E-state index contributed by atoms with van der Waals surface area (Å²) >= 11 is 0. The van der Waals surface area contributed by atoms with Gasteiger partial charge in [-0.3, -0.25) is 9.69 Å². The molecule has 8 heteroatoms. The molecule has 3 aromatic rings. The van der Waals surface area contributed by atoms with Crippen LogP contribution in [0.4, 0.5) is 11.5 Å². The van der Waals surface area contributed by atoms with E-state index in [9.17, 15) is 4.79 Å². The second-order valence-electron chi connectivity index (χ2n) is 7.30. The summed E-state index contributed by atoms with van der Waals surface area (Å²) in [4.78, 5) is 28.8. The molecule has 8 nitrogen and oxygen atoms in total. The molecule has 1 aromatic carbocycles. The summed E-state index contributed by atoms with van der Waals surface area (Å²) < 4.78 is 5.30. The lowest BCUT2D eigenvalue weighted by Crippen LogP contribution is -2.46. The number of nitrogens with zero attached hydrogens (tertiary/aromatic N) is 4. The molecule has 0 aliphatic carbocycles. The maximum absolute atomic E-state index is 12.5. The van der Waals surface area contributed by atoms with Gasteiger partial charge in [0.05, 0.1) is 24.7 Å². The molecule has 29 heavy (non-hydrogen) atoms. The average molecular weight is 394 g/mol. The van der Waals surface area contributed by atoms with Gasteiger partial charge in [-0.15, -0.1) is 0 Å². The number of aromatic amines is 1. The fourth-order valence-corrected chi connectivity index (χ4v) is 3.92. The largest absolute Gasteiger partial charge is 0.495 e. The van der Waals surface area contributed by atoms with Crippen molar-refractivity contribution in [2.75, 3.05) is 44.0 Å². The van der Waals surface area contributed by atoms with Crippen LogP contribution >= 0.6 is 0 Å². The second-order valence-corrected chi connectivity index (χ2v) is 7.30. The number of rotatable bonds is 6. The first-order valence-corrected chi connectivity index (χ1v) is 9.82. The third kappa shape index (κ3) is 4.17. The number of para-hydroxylation sites is 2. The Morgan fingerprint density at radius 3 is 2.86 bits per heavy atom. The molecular weight excluding hydrogens is 368 g/mol. The molecule has 0 bridgehead atoms. The number of amides is 1. The van der Waals surface area contributed by atoms with Crippen molar-refractivity contribution in [3.05, 3.63) is 42.9 Å². The summed E-state index contributed by atoms with van der Waals surface area (Å²) in [6, 6.07) is 9.85. The Balaban J connectivity index is 1.32. The van der Waals surface area contributed by atoms with Crippen LogP contribution in [0.5, 0.6) is 5.75 Å². The van der Waals surface area contributed by atoms with Gasteiger partial charge in [0.15, 0.2) is 0 Å². The van der Waals surface area contributed by atoms with Crippen LogP contribution in [-0.4, -0.2) is 65.6 Å². The number of nitrogens with one attached hydrogen (secondary N) is 2. The zero-order chi connectivity index (χ0) is 20.2. The third-order valence-corrected chi connectivity index (χ3v) is 5.52. The number of H-pyrrole nitrogens is 1. The van der Waals surface area contributed by atoms with Crippen molar-refractivity contribution in [2.45, 2.75) is 18.9 Å². The highest BCUT2D eigenvalue weighted by Gasteiger charge is 2.25. The highest BCUT2D eigenvalue weighted by Crippen LogP contribution is 2.26. The van der Waals surface area contributed by atoms with E-state index < -0.39 is 0 Å². The topological polar surface area (TPSA) is 86.4 Å². The number of piperidine rings is 1. The fraction of sp³-hybridized carbons (Fsp3) is 0.381. The van der Waals surface area contributed by atoms with E-state index in [-0.39, 0.29) is 5.91 Å². The van der Waals surface area contributed by atoms with E-state index in [2.05, 4.69) is 37.1 Å². The smallest absolute Gasteiger partial charge is 0.238 e. The van der Waals surface area contributed by atoms with Crippen LogP contribution in [0.15, 0.2) is 42.9 Å². The van der Waals surface area contributed by atoms with Crippen LogP contribution in [0.2, 0.25) is 0 Å². The molecule has 1 aliphatic rings. The Morgan fingerprint density at radius 2 is 2.07 bits per heavy atom. The van der Waals surface area contributed by atoms with Gasteiger partial charge in [0, 0.05) is 32.4 Å². The average Bonchev–Trinajstić information content (AvgIpc) is 3.23. The summed E-state index contributed by atoms with van der Waals surface area (Å²) in [7, 11) is 3.69. The van der Waals surface area contributed by atoms with E-state index in [1.807, 2.05) is 36.5 Å². The second kappa shape index (κ2) is 8.48. The highest BCUT2D eigenvalue weighted by molar-refractivity contribution is 5.93. The summed E-state index contributed by atoms with van der Waals surface area (Å²) in [6.07, 6.45) is 5.45. The molecule has 3 heterocycles. The molecule has 0 spiro atoms. The van der Waals surface area contributed by atoms with Gasteiger partial charge in [0.25, 0.3) is 0 Å². The van der Waals surface area contributed by atoms with Crippen LogP contribution in [0.3, 0.4) is 0 Å². The quantitative estimate of drug-likeness (QED) is 0.668. The van der Waals surface area contributed by atoms with Crippen molar-refractivity contribution in [1.82, 2.24) is 19.9 Å². The molecule has 2 aromatic heterocycles. The first kappa shape index (κ1) is 19.2. The molecule has 0 saturated carbocycles. The predicted molar refractivity (Wildman–Crippen MR) is 113 cm³/mol. The molecule has 0 unspecified atom stereocenters. The summed E-state index contributed by atoms with van der Waals surface area (Å²) in [6.45, 7) is 2.12. The lowest BCUT2D eigenvalue weighted by Gasteiger charge is -2.37. The highest BCUT2D eigenvalue weighted by atomic mass is 16.5. The Labute approximate surface area is 169 Å². The summed E-state index contributed by atoms with van der Waals surface area (Å²) in [5.74, 6) is 1.59. The standard InChI is InChI=1S/C21H26N6O2/c1-26(21-16-7-10-22-20(16)23-14-24-21)15-8-11-27(12-9-15)13-19(28)25-17-5-3-4-6-18(17)29-2/h3-7,10,14-15H,8-9,11-13H2,1-2H3,(H,25,28)(H,22,23,24). The summed E-state index contributed by atoms with van der Waals surface area (Å²) in [5, 5.41) is 3.99. The fourth-order valence-electron chi connectivity index (χ4n) is 3.92. The number of ether oxygens (including phenoxy) is 1. The van der Waals surface area contributed by atoms with Crippen LogP contribution in [0.1, 0.15) is 12.8 Å². The molecule has 1 aliphatic heterocycles. The third-order valence-electron chi connectivity index (χ3n) is 5.52. The van der Waals surface area contributed by atoms with Gasteiger partial charge in [0.1, 0.15) is 23.5 Å². The molecule has 1 saturated heterocycles. The summed E-state index contributed by atoms with van der Waals surface area (Å²) in [5.41, 5.74) is 1.56. The van der Waals surface area contributed by atoms with Crippen molar-refractivity contribution in [2.24, 2.45) is 0 Å². The van der Waals surface area contributed by atoms with Gasteiger partial charge >= 0.3 is 0 Å². The minimum absolute atomic E-state index is 0.0221. The number of carbonyl (C=O) groups is 1. The van der Waals surface area contributed by atoms with Crippen LogP contribution < -0.4 is 15.0 Å². The van der Waals surface area contributed by atoms with Gasteiger partial charge in [-0.25, -0.2) is 9.97 Å². The predicted octanol–water partition coefficient (Wildman–Crippen LogP) is 2.51. The Hall–Kier alpha value is -3.13. The van der Waals surface area contributed by atoms with Gasteiger partial charge in [-0.05, 0) is 31.0 Å². The van der Waals surface area contributed by atoms with E-state index >= 15 is 0 Å². The molecule has 0 radical (unpaired) electrons. The van der Waals surface area contributed by atoms with Crippen molar-refractivity contribution in [3.8, 4) is 5.75 Å². The molecular formula is C21H26N6O2. The van der Waals surface area contributed by atoms with E-state index in [1.165, 1.54) is 0 Å². The van der Waals surface area contributed by atoms with E-state index in [1.54, 1.807) is 13.4 Å². The molecule has 1 fully saturated rings. The lowest BCUT2D eigenvalue weighted by molar-refractivity contribution is -0.117. The molecule has 4 rings (SSSR count). The van der Waals surface area contributed by atoms with Crippen molar-refractivity contribution < 1.29 is 9.53 Å². The number of methoxy groups -OCH3 is 1. The first-order chi connectivity index (χ1) is 14.2. The zero-order valence-electron chi connectivity index (χ0n) is 16.8. The molecule has 152 valence electrons. The van der Waals surface area contributed by atoms with Gasteiger partial charge < -0.3 is 19.9 Å². The number of hydrogen-bond acceptors (Lipinski definition) is 6. The zero-order valence-corrected chi connectivity index (χ0v) is 16.8. The number of fused-ring (bicyclic) bond motifs is 1. The van der Waals surface area contributed by atoms with Gasteiger partial charge in [0.2, 0.25) is 5.91 Å². The van der Waals surface area contributed by atoms with Crippen molar-refractivity contribution >= 4 is 28.4 Å². The Bertz CT molecular complexity index is 980. The number of hydrogen-bond donors (Lipinski definition) is 2. The first-order valence-electron chi connectivity index (χ1n) is 9.82. The monoisotopic (exact) mass is 394 g/mol. The number of anilines is 2. The van der Waals surface area contributed by atoms with Gasteiger partial charge in [-0.2, -0.15) is 0 Å². The van der Waals surface area contributed by atoms with E-state index in [0.717, 1.165) is 42.8 Å². The number of benzene rings is 1. The van der Waals surface area contributed by atoms with Crippen molar-refractivity contribution in [1.29, 1.82) is 0 Å². The van der Waals surface area contributed by atoms with Crippen LogP contribution in [-0.2, 0) is 4.79 Å². The number of carbonyl (C=O) groups excluding carboxylic acids is 1. The lowest BCUT2D eigenvalue weighted by atomic mass is 10.0. The van der Waals surface area contributed by atoms with Crippen LogP contribution in [0.25, 0.3) is 11.0 Å². The molecule has 1 amide bonds. The normalized spacial score (nSPS) is 15.4. The molecule has 2 N–H and O–H groups in total.